The zero-order valence-corrected chi connectivity index (χ0v) is 12.6. The van der Waals surface area contributed by atoms with Gasteiger partial charge in [-0.15, -0.1) is 0 Å². The van der Waals surface area contributed by atoms with Crippen molar-refractivity contribution in [3.8, 4) is 5.75 Å². The molecule has 1 aliphatic rings. The molecule has 0 saturated heterocycles. The van der Waals surface area contributed by atoms with E-state index in [1.807, 2.05) is 6.07 Å². The Bertz CT molecular complexity index is 377. The zero-order chi connectivity index (χ0) is 14.0. The van der Waals surface area contributed by atoms with E-state index in [9.17, 15) is 0 Å². The number of hydrogen-bond donors (Lipinski definition) is 1. The van der Waals surface area contributed by atoms with Crippen LogP contribution < -0.4 is 10.1 Å². The number of ether oxygens (including phenoxy) is 2. The lowest BCUT2D eigenvalue weighted by molar-refractivity contribution is 0.0973. The van der Waals surface area contributed by atoms with Crippen LogP contribution in [0.25, 0.3) is 0 Å². The van der Waals surface area contributed by atoms with E-state index in [2.05, 4.69) is 30.4 Å². The number of benzene rings is 1. The first-order valence-electron chi connectivity index (χ1n) is 7.91. The van der Waals surface area contributed by atoms with Crippen LogP contribution in [-0.4, -0.2) is 25.9 Å². The molecule has 0 atom stereocenters. The Morgan fingerprint density at radius 2 is 2.05 bits per heavy atom. The average Bonchev–Trinajstić information content (AvgIpc) is 3.29. The molecule has 2 rings (SSSR count). The van der Waals surface area contributed by atoms with Gasteiger partial charge in [-0.3, -0.25) is 0 Å². The number of nitrogens with one attached hydrogen (secondary N) is 1. The summed E-state index contributed by atoms with van der Waals surface area (Å²) in [6.45, 7) is 5.30. The molecule has 1 fully saturated rings. The van der Waals surface area contributed by atoms with Crippen molar-refractivity contribution in [2.75, 3.05) is 19.8 Å². The molecular formula is C17H27NO2. The molecule has 3 nitrogen and oxygen atoms in total. The molecule has 20 heavy (non-hydrogen) atoms. The normalized spacial score (nSPS) is 14.4. The highest BCUT2D eigenvalue weighted by atomic mass is 16.5. The van der Waals surface area contributed by atoms with E-state index in [1.165, 1.54) is 31.2 Å². The third kappa shape index (κ3) is 6.40. The summed E-state index contributed by atoms with van der Waals surface area (Å²) < 4.78 is 11.3. The second-order valence-electron chi connectivity index (χ2n) is 5.47. The molecule has 0 aliphatic heterocycles. The molecule has 1 saturated carbocycles. The van der Waals surface area contributed by atoms with Crippen LogP contribution >= 0.6 is 0 Å². The van der Waals surface area contributed by atoms with Gasteiger partial charge in [-0.05, 0) is 37.0 Å². The van der Waals surface area contributed by atoms with Crippen LogP contribution in [0.1, 0.15) is 44.6 Å². The van der Waals surface area contributed by atoms with Crippen molar-refractivity contribution in [2.45, 2.75) is 51.6 Å². The summed E-state index contributed by atoms with van der Waals surface area (Å²) in [6, 6.07) is 9.07. The van der Waals surface area contributed by atoms with Crippen molar-refractivity contribution in [2.24, 2.45) is 0 Å². The van der Waals surface area contributed by atoms with Gasteiger partial charge < -0.3 is 14.8 Å². The molecule has 0 amide bonds. The number of hydrogen-bond acceptors (Lipinski definition) is 3. The first-order valence-corrected chi connectivity index (χ1v) is 7.91. The van der Waals surface area contributed by atoms with Gasteiger partial charge in [0.25, 0.3) is 0 Å². The molecule has 3 heteroatoms. The van der Waals surface area contributed by atoms with Crippen molar-refractivity contribution in [1.82, 2.24) is 5.32 Å². The van der Waals surface area contributed by atoms with Crippen molar-refractivity contribution >= 4 is 0 Å². The number of unbranched alkanes of at least 4 members (excludes halogenated alkanes) is 2. The lowest BCUT2D eigenvalue weighted by Gasteiger charge is -2.09. The maximum atomic E-state index is 5.72. The van der Waals surface area contributed by atoms with Gasteiger partial charge in [0.2, 0.25) is 0 Å². The summed E-state index contributed by atoms with van der Waals surface area (Å²) in [4.78, 5) is 0. The van der Waals surface area contributed by atoms with Gasteiger partial charge in [0.1, 0.15) is 12.4 Å². The van der Waals surface area contributed by atoms with Crippen molar-refractivity contribution in [3.05, 3.63) is 29.8 Å². The molecule has 1 aromatic rings. The lowest BCUT2D eigenvalue weighted by Crippen LogP contribution is -2.15. The Morgan fingerprint density at radius 1 is 1.15 bits per heavy atom. The topological polar surface area (TPSA) is 30.5 Å². The molecule has 0 spiro atoms. The Kier molecular flexibility index (Phi) is 6.89. The Balaban J connectivity index is 1.58. The fraction of sp³-hybridized carbons (Fsp3) is 0.647. The Morgan fingerprint density at radius 3 is 2.85 bits per heavy atom. The Labute approximate surface area is 122 Å². The van der Waals surface area contributed by atoms with Crippen LogP contribution in [0.5, 0.6) is 5.75 Å². The molecule has 1 N–H and O–H groups in total. The minimum Gasteiger partial charge on any atom is -0.491 e. The van der Waals surface area contributed by atoms with E-state index in [-0.39, 0.29) is 0 Å². The number of rotatable bonds is 11. The summed E-state index contributed by atoms with van der Waals surface area (Å²) in [6.07, 6.45) is 6.29. The smallest absolute Gasteiger partial charge is 0.119 e. The SMILES string of the molecule is CCCCCOCCOc1cccc(CNC2CC2)c1. The summed E-state index contributed by atoms with van der Waals surface area (Å²) in [5, 5.41) is 3.52. The summed E-state index contributed by atoms with van der Waals surface area (Å²) in [7, 11) is 0. The van der Waals surface area contributed by atoms with Crippen LogP contribution in [-0.2, 0) is 11.3 Å². The summed E-state index contributed by atoms with van der Waals surface area (Å²) >= 11 is 0. The van der Waals surface area contributed by atoms with Gasteiger partial charge in [-0.2, -0.15) is 0 Å². The van der Waals surface area contributed by atoms with E-state index in [4.69, 9.17) is 9.47 Å². The molecule has 0 radical (unpaired) electrons. The van der Waals surface area contributed by atoms with Crippen LogP contribution in [0.2, 0.25) is 0 Å². The minimum absolute atomic E-state index is 0.631. The zero-order valence-electron chi connectivity index (χ0n) is 12.6. The van der Waals surface area contributed by atoms with E-state index in [1.54, 1.807) is 0 Å². The lowest BCUT2D eigenvalue weighted by atomic mass is 10.2. The molecule has 0 aromatic heterocycles. The second-order valence-corrected chi connectivity index (χ2v) is 5.47. The average molecular weight is 277 g/mol. The highest BCUT2D eigenvalue weighted by Gasteiger charge is 2.19. The van der Waals surface area contributed by atoms with E-state index in [0.717, 1.165) is 31.4 Å². The molecule has 0 bridgehead atoms. The van der Waals surface area contributed by atoms with E-state index < -0.39 is 0 Å². The van der Waals surface area contributed by atoms with Crippen LogP contribution in [0.3, 0.4) is 0 Å². The maximum absolute atomic E-state index is 5.72. The molecular weight excluding hydrogens is 250 g/mol. The highest BCUT2D eigenvalue weighted by molar-refractivity contribution is 5.28. The molecule has 0 unspecified atom stereocenters. The third-order valence-corrected chi connectivity index (χ3v) is 3.46. The largest absolute Gasteiger partial charge is 0.491 e. The third-order valence-electron chi connectivity index (χ3n) is 3.46. The molecule has 0 heterocycles. The molecule has 1 aromatic carbocycles. The summed E-state index contributed by atoms with van der Waals surface area (Å²) in [5.41, 5.74) is 1.29. The van der Waals surface area contributed by atoms with Crippen LogP contribution in [0, 0.1) is 0 Å². The van der Waals surface area contributed by atoms with Crippen LogP contribution in [0.4, 0.5) is 0 Å². The maximum Gasteiger partial charge on any atom is 0.119 e. The predicted molar refractivity (Wildman–Crippen MR) is 82.1 cm³/mol. The molecule has 1 aliphatic carbocycles. The van der Waals surface area contributed by atoms with Crippen LogP contribution in [0.15, 0.2) is 24.3 Å². The fourth-order valence-corrected chi connectivity index (χ4v) is 2.07. The second kappa shape index (κ2) is 8.98. The first-order chi connectivity index (χ1) is 9.88. The van der Waals surface area contributed by atoms with Crippen molar-refractivity contribution < 1.29 is 9.47 Å². The highest BCUT2D eigenvalue weighted by Crippen LogP contribution is 2.20. The van der Waals surface area contributed by atoms with Gasteiger partial charge >= 0.3 is 0 Å². The quantitative estimate of drug-likeness (QED) is 0.628. The minimum atomic E-state index is 0.631. The van der Waals surface area contributed by atoms with Gasteiger partial charge in [-0.1, -0.05) is 31.9 Å². The fourth-order valence-electron chi connectivity index (χ4n) is 2.07. The van der Waals surface area contributed by atoms with Gasteiger partial charge in [0, 0.05) is 19.2 Å². The van der Waals surface area contributed by atoms with Gasteiger partial charge in [-0.25, -0.2) is 0 Å². The monoisotopic (exact) mass is 277 g/mol. The van der Waals surface area contributed by atoms with Gasteiger partial charge in [0.05, 0.1) is 6.61 Å². The Hall–Kier alpha value is -1.06. The molecule has 112 valence electrons. The van der Waals surface area contributed by atoms with Crippen molar-refractivity contribution in [1.29, 1.82) is 0 Å². The predicted octanol–water partition coefficient (Wildman–Crippen LogP) is 3.52. The van der Waals surface area contributed by atoms with Crippen molar-refractivity contribution in [3.63, 3.8) is 0 Å². The standard InChI is InChI=1S/C17H27NO2/c1-2-3-4-10-19-11-12-20-17-7-5-6-15(13-17)14-18-16-8-9-16/h5-7,13,16,18H,2-4,8-12,14H2,1H3. The van der Waals surface area contributed by atoms with E-state index in [0.29, 0.717) is 13.2 Å². The summed E-state index contributed by atoms with van der Waals surface area (Å²) in [5.74, 6) is 0.942. The van der Waals surface area contributed by atoms with Gasteiger partial charge in [0.15, 0.2) is 0 Å². The first kappa shape index (κ1) is 15.3. The van der Waals surface area contributed by atoms with E-state index >= 15 is 0 Å².